The van der Waals surface area contributed by atoms with Gasteiger partial charge in [-0.3, -0.25) is 0 Å². The van der Waals surface area contributed by atoms with Crippen LogP contribution in [0.4, 0.5) is 8.78 Å². The smallest absolute Gasteiger partial charge is 0.387 e. The first-order chi connectivity index (χ1) is 13.2. The Labute approximate surface area is 188 Å². The van der Waals surface area contributed by atoms with E-state index in [4.69, 9.17) is 0 Å². The highest BCUT2D eigenvalue weighted by Crippen LogP contribution is 2.23. The van der Waals surface area contributed by atoms with Crippen molar-refractivity contribution in [2.24, 2.45) is 10.9 Å². The van der Waals surface area contributed by atoms with E-state index in [0.717, 1.165) is 12.0 Å². The van der Waals surface area contributed by atoms with E-state index in [1.807, 2.05) is 13.8 Å². The van der Waals surface area contributed by atoms with Crippen molar-refractivity contribution in [1.29, 1.82) is 0 Å². The zero-order chi connectivity index (χ0) is 20.7. The lowest BCUT2D eigenvalue weighted by Gasteiger charge is -2.16. The van der Waals surface area contributed by atoms with Crippen molar-refractivity contribution in [3.8, 4) is 5.75 Å². The predicted octanol–water partition coefficient (Wildman–Crippen LogP) is 2.55. The van der Waals surface area contributed by atoms with Crippen LogP contribution in [0.2, 0.25) is 0 Å². The van der Waals surface area contributed by atoms with Crippen molar-refractivity contribution in [2.75, 3.05) is 32.4 Å². The largest absolute Gasteiger partial charge is 0.434 e. The quantitative estimate of drug-likeness (QED) is 0.298. The number of rotatable bonds is 8. The Balaban J connectivity index is 0.00000420. The lowest BCUT2D eigenvalue weighted by Crippen LogP contribution is -2.40. The van der Waals surface area contributed by atoms with Crippen molar-refractivity contribution in [1.82, 2.24) is 14.9 Å². The van der Waals surface area contributed by atoms with Crippen LogP contribution in [-0.2, 0) is 16.6 Å². The van der Waals surface area contributed by atoms with E-state index in [1.165, 1.54) is 16.6 Å². The maximum absolute atomic E-state index is 12.6. The van der Waals surface area contributed by atoms with E-state index in [-0.39, 0.29) is 42.2 Å². The van der Waals surface area contributed by atoms with E-state index in [2.05, 4.69) is 20.4 Å². The number of alkyl halides is 2. The van der Waals surface area contributed by atoms with Gasteiger partial charge in [-0.05, 0) is 32.3 Å². The third-order valence-corrected chi connectivity index (χ3v) is 5.73. The summed E-state index contributed by atoms with van der Waals surface area (Å²) in [6.45, 7) is 3.31. The van der Waals surface area contributed by atoms with Gasteiger partial charge in [-0.2, -0.15) is 8.78 Å². The number of nitrogens with zero attached hydrogens (tertiary/aromatic N) is 2. The Kier molecular flexibility index (Phi) is 10.5. The van der Waals surface area contributed by atoms with Crippen molar-refractivity contribution in [3.05, 3.63) is 29.3 Å². The molecule has 0 spiro atoms. The lowest BCUT2D eigenvalue weighted by molar-refractivity contribution is -0.0504. The molecule has 0 aliphatic carbocycles. The average Bonchev–Trinajstić information content (AvgIpc) is 3.08. The zero-order valence-electron chi connectivity index (χ0n) is 16.8. The summed E-state index contributed by atoms with van der Waals surface area (Å²) in [4.78, 5) is 4.46. The molecule has 29 heavy (non-hydrogen) atoms. The fourth-order valence-corrected chi connectivity index (χ4v) is 3.97. The molecule has 11 heteroatoms. The number of halogens is 3. The van der Waals surface area contributed by atoms with Crippen LogP contribution in [-0.4, -0.2) is 57.7 Å². The Morgan fingerprint density at radius 1 is 1.38 bits per heavy atom. The molecule has 0 aromatic heterocycles. The zero-order valence-corrected chi connectivity index (χ0v) is 20.0. The molecule has 166 valence electrons. The van der Waals surface area contributed by atoms with E-state index in [9.17, 15) is 17.2 Å². The standard InChI is InChI=1S/C18H28F2N4O3S.HI/c1-4-21-18(22-10-14-7-8-24(12-14)28(3,25)26)23-11-15-9-13(2)5-6-16(15)27-17(19)20;/h5-6,9,14,17H,4,7-8,10-12H2,1-3H3,(H2,21,22,23);1H. The van der Waals surface area contributed by atoms with Crippen LogP contribution in [0.25, 0.3) is 0 Å². The number of aryl methyl sites for hydroxylation is 1. The molecule has 0 bridgehead atoms. The van der Waals surface area contributed by atoms with Gasteiger partial charge in [0.05, 0.1) is 12.8 Å². The fraction of sp³-hybridized carbons (Fsp3) is 0.611. The normalized spacial score (nSPS) is 17.9. The molecule has 0 amide bonds. The first-order valence-electron chi connectivity index (χ1n) is 9.20. The van der Waals surface area contributed by atoms with Crippen molar-refractivity contribution < 1.29 is 21.9 Å². The highest BCUT2D eigenvalue weighted by molar-refractivity contribution is 14.0. The summed E-state index contributed by atoms with van der Waals surface area (Å²) in [7, 11) is -3.16. The van der Waals surface area contributed by atoms with E-state index in [0.29, 0.717) is 37.7 Å². The highest BCUT2D eigenvalue weighted by atomic mass is 127. The molecule has 1 aromatic rings. The van der Waals surface area contributed by atoms with Crippen LogP contribution < -0.4 is 15.4 Å². The third-order valence-electron chi connectivity index (χ3n) is 4.46. The van der Waals surface area contributed by atoms with Crippen LogP contribution in [0.1, 0.15) is 24.5 Å². The van der Waals surface area contributed by atoms with Gasteiger partial charge in [-0.25, -0.2) is 17.7 Å². The lowest BCUT2D eigenvalue weighted by atomic mass is 10.1. The average molecular weight is 546 g/mol. The SMILES string of the molecule is CCNC(=NCc1cc(C)ccc1OC(F)F)NCC1CCN(S(C)(=O)=O)C1.I. The molecule has 1 aliphatic rings. The molecular weight excluding hydrogens is 517 g/mol. The Bertz CT molecular complexity index is 793. The summed E-state index contributed by atoms with van der Waals surface area (Å²) in [5.41, 5.74) is 1.50. The third kappa shape index (κ3) is 8.59. The van der Waals surface area contributed by atoms with Gasteiger partial charge in [0.15, 0.2) is 5.96 Å². The highest BCUT2D eigenvalue weighted by Gasteiger charge is 2.28. The van der Waals surface area contributed by atoms with Crippen LogP contribution in [0.5, 0.6) is 5.75 Å². The second-order valence-electron chi connectivity index (χ2n) is 6.84. The van der Waals surface area contributed by atoms with Gasteiger partial charge in [0.1, 0.15) is 5.75 Å². The summed E-state index contributed by atoms with van der Waals surface area (Å²) in [5.74, 6) is 0.847. The first-order valence-corrected chi connectivity index (χ1v) is 11.1. The Morgan fingerprint density at radius 2 is 2.10 bits per heavy atom. The van der Waals surface area contributed by atoms with Gasteiger partial charge in [0.25, 0.3) is 0 Å². The number of sulfonamides is 1. The maximum atomic E-state index is 12.6. The minimum Gasteiger partial charge on any atom is -0.434 e. The van der Waals surface area contributed by atoms with E-state index >= 15 is 0 Å². The number of ether oxygens (including phenoxy) is 1. The molecule has 1 unspecified atom stereocenters. The second-order valence-corrected chi connectivity index (χ2v) is 8.82. The summed E-state index contributed by atoms with van der Waals surface area (Å²) in [5, 5.41) is 6.32. The van der Waals surface area contributed by atoms with Gasteiger partial charge in [-0.15, -0.1) is 24.0 Å². The van der Waals surface area contributed by atoms with Crippen LogP contribution >= 0.6 is 24.0 Å². The molecule has 2 N–H and O–H groups in total. The molecule has 7 nitrogen and oxygen atoms in total. The Hall–Kier alpha value is -1.21. The molecular formula is C18H29F2IN4O3S. The summed E-state index contributed by atoms with van der Waals surface area (Å²) < 4.78 is 54.5. The van der Waals surface area contributed by atoms with Crippen molar-refractivity contribution in [3.63, 3.8) is 0 Å². The molecule has 1 heterocycles. The van der Waals surface area contributed by atoms with E-state index in [1.54, 1.807) is 12.1 Å². The number of aliphatic imine (C=N–C) groups is 1. The van der Waals surface area contributed by atoms with Gasteiger partial charge in [-0.1, -0.05) is 17.7 Å². The van der Waals surface area contributed by atoms with Gasteiger partial charge in [0.2, 0.25) is 10.0 Å². The second kappa shape index (κ2) is 11.8. The van der Waals surface area contributed by atoms with Gasteiger partial charge < -0.3 is 15.4 Å². The van der Waals surface area contributed by atoms with Gasteiger partial charge in [0, 0.05) is 31.7 Å². The molecule has 1 atom stereocenters. The van der Waals surface area contributed by atoms with Crippen LogP contribution in [0.3, 0.4) is 0 Å². The minimum absolute atomic E-state index is 0. The summed E-state index contributed by atoms with van der Waals surface area (Å²) in [6.07, 6.45) is 2.00. The van der Waals surface area contributed by atoms with Crippen LogP contribution in [0, 0.1) is 12.8 Å². The van der Waals surface area contributed by atoms with Gasteiger partial charge >= 0.3 is 6.61 Å². The number of benzene rings is 1. The summed E-state index contributed by atoms with van der Waals surface area (Å²) in [6, 6.07) is 5.00. The first kappa shape index (κ1) is 25.8. The number of hydrogen-bond donors (Lipinski definition) is 2. The molecule has 0 saturated carbocycles. The maximum Gasteiger partial charge on any atom is 0.387 e. The molecule has 1 aromatic carbocycles. The fourth-order valence-electron chi connectivity index (χ4n) is 3.05. The minimum atomic E-state index is -3.16. The van der Waals surface area contributed by atoms with Crippen molar-refractivity contribution in [2.45, 2.75) is 33.4 Å². The van der Waals surface area contributed by atoms with Crippen molar-refractivity contribution >= 4 is 40.0 Å². The number of hydrogen-bond acceptors (Lipinski definition) is 4. The number of nitrogens with one attached hydrogen (secondary N) is 2. The topological polar surface area (TPSA) is 83.0 Å². The molecule has 1 fully saturated rings. The Morgan fingerprint density at radius 3 is 2.69 bits per heavy atom. The summed E-state index contributed by atoms with van der Waals surface area (Å²) >= 11 is 0. The van der Waals surface area contributed by atoms with E-state index < -0.39 is 16.6 Å². The predicted molar refractivity (Wildman–Crippen MR) is 121 cm³/mol. The molecule has 1 aliphatic heterocycles. The molecule has 1 saturated heterocycles. The van der Waals surface area contributed by atoms with Crippen LogP contribution in [0.15, 0.2) is 23.2 Å². The molecule has 0 radical (unpaired) electrons. The monoisotopic (exact) mass is 546 g/mol. The number of guanidine groups is 1. The molecule has 2 rings (SSSR count).